The van der Waals surface area contributed by atoms with E-state index in [2.05, 4.69) is 5.10 Å². The maximum absolute atomic E-state index is 12.0. The summed E-state index contributed by atoms with van der Waals surface area (Å²) in [5.41, 5.74) is 1.45. The minimum Gasteiger partial charge on any atom is -0.300 e. The van der Waals surface area contributed by atoms with E-state index in [0.29, 0.717) is 0 Å². The van der Waals surface area contributed by atoms with Crippen molar-refractivity contribution < 1.29 is 8.42 Å². The predicted octanol–water partition coefficient (Wildman–Crippen LogP) is 1.04. The Morgan fingerprint density at radius 2 is 1.94 bits per heavy atom. The van der Waals surface area contributed by atoms with Crippen molar-refractivity contribution in [3.05, 3.63) is 21.6 Å². The first-order valence-electron chi connectivity index (χ1n) is 5.78. The molecule has 6 heteroatoms. The molecule has 0 amide bonds. The summed E-state index contributed by atoms with van der Waals surface area (Å²) in [7, 11) is -3.04. The van der Waals surface area contributed by atoms with Crippen LogP contribution in [0.1, 0.15) is 37.9 Å². The number of H-pyrrole nitrogens is 1. The summed E-state index contributed by atoms with van der Waals surface area (Å²) in [5, 5.41) is 2.93. The van der Waals surface area contributed by atoms with Gasteiger partial charge in [0.05, 0.1) is 12.3 Å². The molecule has 0 aliphatic carbocycles. The number of aromatic nitrogens is 2. The van der Waals surface area contributed by atoms with Crippen molar-refractivity contribution in [1.29, 1.82) is 0 Å². The number of hydrogen-bond acceptors (Lipinski definition) is 3. The van der Waals surface area contributed by atoms with Gasteiger partial charge in [0.25, 0.3) is 5.56 Å². The molecule has 1 heterocycles. The van der Waals surface area contributed by atoms with E-state index in [9.17, 15) is 13.2 Å². The first-order chi connectivity index (χ1) is 7.78. The Balaban J connectivity index is 2.95. The molecule has 1 aromatic heterocycles. The molecule has 5 nitrogen and oxygen atoms in total. The van der Waals surface area contributed by atoms with E-state index in [1.165, 1.54) is 4.68 Å². The van der Waals surface area contributed by atoms with Crippen molar-refractivity contribution in [1.82, 2.24) is 9.78 Å². The van der Waals surface area contributed by atoms with E-state index in [1.54, 1.807) is 6.92 Å². The smallest absolute Gasteiger partial charge is 0.270 e. The van der Waals surface area contributed by atoms with Gasteiger partial charge in [-0.15, -0.1) is 0 Å². The maximum Gasteiger partial charge on any atom is 0.270 e. The van der Waals surface area contributed by atoms with Gasteiger partial charge in [0.15, 0.2) is 9.84 Å². The van der Waals surface area contributed by atoms with Crippen LogP contribution >= 0.6 is 0 Å². The predicted molar refractivity (Wildman–Crippen MR) is 68.2 cm³/mol. The third kappa shape index (κ3) is 3.21. The van der Waals surface area contributed by atoms with Crippen LogP contribution in [0.25, 0.3) is 0 Å². The lowest BCUT2D eigenvalue weighted by molar-refractivity contribution is 0.576. The normalized spacial score (nSPS) is 12.3. The zero-order chi connectivity index (χ0) is 13.2. The monoisotopic (exact) mass is 260 g/mol. The van der Waals surface area contributed by atoms with Crippen molar-refractivity contribution in [3.8, 4) is 0 Å². The molecule has 0 aliphatic rings. The Kier molecular flexibility index (Phi) is 4.19. The third-order valence-electron chi connectivity index (χ3n) is 2.83. The molecule has 0 fully saturated rings. The molecule has 0 saturated heterocycles. The first kappa shape index (κ1) is 14.0. The van der Waals surface area contributed by atoms with Gasteiger partial charge in [-0.3, -0.25) is 14.6 Å². The van der Waals surface area contributed by atoms with Gasteiger partial charge in [-0.05, 0) is 12.8 Å². The number of nitrogens with one attached hydrogen (secondary N) is 1. The minimum absolute atomic E-state index is 0.000888. The fourth-order valence-corrected chi connectivity index (χ4v) is 2.58. The van der Waals surface area contributed by atoms with Gasteiger partial charge < -0.3 is 0 Å². The SMILES string of the molecule is CCS(=O)(=O)CCn1[nH]c(C)c(C(C)C)c1=O. The average molecular weight is 260 g/mol. The van der Waals surface area contributed by atoms with Crippen LogP contribution in [-0.2, 0) is 16.4 Å². The molecule has 98 valence electrons. The van der Waals surface area contributed by atoms with E-state index in [1.807, 2.05) is 20.8 Å². The van der Waals surface area contributed by atoms with E-state index in [-0.39, 0.29) is 29.5 Å². The summed E-state index contributed by atoms with van der Waals surface area (Å²) in [6, 6.07) is 0. The fourth-order valence-electron chi connectivity index (χ4n) is 1.83. The second kappa shape index (κ2) is 5.08. The summed E-state index contributed by atoms with van der Waals surface area (Å²) >= 11 is 0. The van der Waals surface area contributed by atoms with E-state index in [0.717, 1.165) is 11.3 Å². The van der Waals surface area contributed by atoms with Crippen LogP contribution in [0.2, 0.25) is 0 Å². The largest absolute Gasteiger partial charge is 0.300 e. The Hall–Kier alpha value is -1.04. The number of aromatic amines is 1. The molecule has 0 unspecified atom stereocenters. The van der Waals surface area contributed by atoms with Gasteiger partial charge >= 0.3 is 0 Å². The standard InChI is InChI=1S/C11H20N2O3S/c1-5-17(15,16)7-6-13-11(14)10(8(2)3)9(4)12-13/h8,12H,5-7H2,1-4H3. The van der Waals surface area contributed by atoms with E-state index < -0.39 is 9.84 Å². The molecular formula is C11H20N2O3S. The third-order valence-corrected chi connectivity index (χ3v) is 4.51. The number of nitrogens with zero attached hydrogens (tertiary/aromatic N) is 1. The zero-order valence-corrected chi connectivity index (χ0v) is 11.6. The Labute approximate surface area is 102 Å². The van der Waals surface area contributed by atoms with Crippen LogP contribution in [0, 0.1) is 6.92 Å². The molecule has 0 spiro atoms. The molecular weight excluding hydrogens is 240 g/mol. The van der Waals surface area contributed by atoms with Gasteiger partial charge in [-0.1, -0.05) is 20.8 Å². The fraction of sp³-hybridized carbons (Fsp3) is 0.727. The van der Waals surface area contributed by atoms with Crippen LogP contribution in [-0.4, -0.2) is 29.7 Å². The molecule has 0 atom stereocenters. The lowest BCUT2D eigenvalue weighted by Gasteiger charge is -2.02. The van der Waals surface area contributed by atoms with Crippen LogP contribution in [0.4, 0.5) is 0 Å². The number of hydrogen-bond donors (Lipinski definition) is 1. The van der Waals surface area contributed by atoms with Crippen LogP contribution in [0.5, 0.6) is 0 Å². The van der Waals surface area contributed by atoms with Gasteiger partial charge in [-0.25, -0.2) is 8.42 Å². The maximum atomic E-state index is 12.0. The van der Waals surface area contributed by atoms with Crippen molar-refractivity contribution in [2.75, 3.05) is 11.5 Å². The molecule has 1 rings (SSSR count). The average Bonchev–Trinajstić information content (AvgIpc) is 2.51. The topological polar surface area (TPSA) is 71.9 Å². The summed E-state index contributed by atoms with van der Waals surface area (Å²) < 4.78 is 24.1. The Morgan fingerprint density at radius 3 is 2.35 bits per heavy atom. The lowest BCUT2D eigenvalue weighted by Crippen LogP contribution is -2.24. The number of rotatable bonds is 5. The highest BCUT2D eigenvalue weighted by Crippen LogP contribution is 2.12. The molecule has 0 aliphatic heterocycles. The van der Waals surface area contributed by atoms with Gasteiger partial charge in [0, 0.05) is 17.0 Å². The van der Waals surface area contributed by atoms with Crippen molar-refractivity contribution in [3.63, 3.8) is 0 Å². The Morgan fingerprint density at radius 1 is 1.35 bits per heavy atom. The van der Waals surface area contributed by atoms with Crippen LogP contribution in [0.15, 0.2) is 4.79 Å². The molecule has 0 bridgehead atoms. The molecule has 17 heavy (non-hydrogen) atoms. The summed E-state index contributed by atoms with van der Waals surface area (Å²) in [6.07, 6.45) is 0. The summed E-state index contributed by atoms with van der Waals surface area (Å²) in [5.74, 6) is 0.252. The van der Waals surface area contributed by atoms with E-state index in [4.69, 9.17) is 0 Å². The second-order valence-electron chi connectivity index (χ2n) is 4.50. The summed E-state index contributed by atoms with van der Waals surface area (Å²) in [6.45, 7) is 7.54. The second-order valence-corrected chi connectivity index (χ2v) is 6.97. The van der Waals surface area contributed by atoms with Gasteiger partial charge in [-0.2, -0.15) is 0 Å². The van der Waals surface area contributed by atoms with Gasteiger partial charge in [0.1, 0.15) is 0 Å². The highest BCUT2D eigenvalue weighted by atomic mass is 32.2. The number of aryl methyl sites for hydroxylation is 2. The molecule has 1 aromatic rings. The van der Waals surface area contributed by atoms with Crippen molar-refractivity contribution in [2.45, 2.75) is 40.2 Å². The molecule has 0 aromatic carbocycles. The molecule has 0 saturated carbocycles. The summed E-state index contributed by atoms with van der Waals surface area (Å²) in [4.78, 5) is 12.0. The Bertz CT molecular complexity index is 538. The number of sulfone groups is 1. The van der Waals surface area contributed by atoms with Crippen LogP contribution < -0.4 is 5.56 Å². The highest BCUT2D eigenvalue weighted by molar-refractivity contribution is 7.91. The molecule has 0 radical (unpaired) electrons. The van der Waals surface area contributed by atoms with Crippen molar-refractivity contribution >= 4 is 9.84 Å². The van der Waals surface area contributed by atoms with Crippen LogP contribution in [0.3, 0.4) is 0 Å². The van der Waals surface area contributed by atoms with E-state index >= 15 is 0 Å². The quantitative estimate of drug-likeness (QED) is 0.860. The zero-order valence-electron chi connectivity index (χ0n) is 10.8. The van der Waals surface area contributed by atoms with Crippen molar-refractivity contribution in [2.24, 2.45) is 0 Å². The van der Waals surface area contributed by atoms with Gasteiger partial charge in [0.2, 0.25) is 0 Å². The lowest BCUT2D eigenvalue weighted by atomic mass is 10.1. The first-order valence-corrected chi connectivity index (χ1v) is 7.60. The highest BCUT2D eigenvalue weighted by Gasteiger charge is 2.15. The minimum atomic E-state index is -3.04. The molecule has 1 N–H and O–H groups in total.